The van der Waals surface area contributed by atoms with E-state index in [-0.39, 0.29) is 17.5 Å². The summed E-state index contributed by atoms with van der Waals surface area (Å²) >= 11 is 0. The van der Waals surface area contributed by atoms with Crippen LogP contribution >= 0.6 is 0 Å². The number of unbranched alkanes of at least 4 members (excludes halogenated alkanes) is 3. The van der Waals surface area contributed by atoms with Crippen LogP contribution in [0.4, 0.5) is 5.82 Å². The van der Waals surface area contributed by atoms with Gasteiger partial charge in [0.2, 0.25) is 0 Å². The molecule has 3 N–H and O–H groups in total. The van der Waals surface area contributed by atoms with E-state index in [4.69, 9.17) is 10.5 Å². The number of imidazole rings is 1. The summed E-state index contributed by atoms with van der Waals surface area (Å²) in [5.41, 5.74) is 6.84. The van der Waals surface area contributed by atoms with Gasteiger partial charge < -0.3 is 25.3 Å². The molecule has 0 aromatic carbocycles. The highest BCUT2D eigenvalue weighted by atomic mass is 16.5. The van der Waals surface area contributed by atoms with Crippen molar-refractivity contribution in [2.75, 3.05) is 51.6 Å². The van der Waals surface area contributed by atoms with E-state index in [9.17, 15) is 4.79 Å². The highest BCUT2D eigenvalue weighted by Crippen LogP contribution is 2.18. The van der Waals surface area contributed by atoms with E-state index in [1.165, 1.54) is 32.5 Å². The molecule has 3 rings (SSSR count). The molecule has 1 aliphatic heterocycles. The Bertz CT molecular complexity index is 840. The first-order valence-corrected chi connectivity index (χ1v) is 11.5. The van der Waals surface area contributed by atoms with Gasteiger partial charge in [-0.25, -0.2) is 4.79 Å². The summed E-state index contributed by atoms with van der Waals surface area (Å²) < 4.78 is 7.25. The molecule has 0 saturated carbocycles. The lowest BCUT2D eigenvalue weighted by molar-refractivity contribution is 0.129. The van der Waals surface area contributed by atoms with Crippen molar-refractivity contribution in [3.8, 4) is 6.01 Å². The van der Waals surface area contributed by atoms with Crippen LogP contribution in [0.25, 0.3) is 11.2 Å². The van der Waals surface area contributed by atoms with E-state index >= 15 is 0 Å². The van der Waals surface area contributed by atoms with Crippen molar-refractivity contribution in [2.24, 2.45) is 0 Å². The van der Waals surface area contributed by atoms with Crippen LogP contribution in [0.15, 0.2) is 4.79 Å². The van der Waals surface area contributed by atoms with Crippen LogP contribution in [-0.4, -0.2) is 75.2 Å². The number of nitrogens with two attached hydrogens (primary N) is 1. The molecule has 0 radical (unpaired) electrons. The third kappa shape index (κ3) is 5.95. The number of rotatable bonds is 12. The number of H-pyrrole nitrogens is 1. The Morgan fingerprint density at radius 2 is 1.57 bits per heavy atom. The normalized spacial score (nSPS) is 15.8. The zero-order valence-electron chi connectivity index (χ0n) is 18.5. The number of nitrogens with one attached hydrogen (secondary N) is 1. The van der Waals surface area contributed by atoms with Gasteiger partial charge in [-0.1, -0.05) is 26.7 Å². The Hall–Kier alpha value is -2.13. The molecule has 0 bridgehead atoms. The molecule has 30 heavy (non-hydrogen) atoms. The highest BCUT2D eigenvalue weighted by Gasteiger charge is 2.17. The molecule has 0 aliphatic carbocycles. The molecule has 3 heterocycles. The monoisotopic (exact) mass is 419 g/mol. The predicted octanol–water partition coefficient (Wildman–Crippen LogP) is 2.08. The smallest absolute Gasteiger partial charge is 0.327 e. The number of hydrogen-bond acceptors (Lipinski definition) is 7. The fraction of sp³-hybridized carbons (Fsp3) is 0.762. The minimum absolute atomic E-state index is 0.193. The van der Waals surface area contributed by atoms with E-state index in [0.717, 1.165) is 45.3 Å². The standard InChI is InChI=1S/C21H37N7O2/c1-3-5-9-26-12-14-27(15-13-26)10-7-8-11-28-19-17(23-21(28)29)18(22)24-20(25-19)30-16-6-4-2/h3-16H2,1-2H3,(H,23,29)(H2,22,24,25). The average Bonchev–Trinajstić information content (AvgIpc) is 3.06. The average molecular weight is 420 g/mol. The van der Waals surface area contributed by atoms with Gasteiger partial charge in [-0.05, 0) is 38.8 Å². The maximum Gasteiger partial charge on any atom is 0.327 e. The summed E-state index contributed by atoms with van der Waals surface area (Å²) in [5, 5.41) is 0. The number of nitrogen functional groups attached to an aromatic ring is 1. The van der Waals surface area contributed by atoms with Gasteiger partial charge in [0, 0.05) is 32.7 Å². The molecule has 1 aliphatic rings. The number of hydrogen-bond donors (Lipinski definition) is 2. The Balaban J connectivity index is 1.51. The molecule has 0 atom stereocenters. The Labute approximate surface area is 178 Å². The topological polar surface area (TPSA) is 105 Å². The van der Waals surface area contributed by atoms with Crippen molar-refractivity contribution in [1.29, 1.82) is 0 Å². The highest BCUT2D eigenvalue weighted by molar-refractivity contribution is 5.81. The second kappa shape index (κ2) is 11.3. The van der Waals surface area contributed by atoms with Crippen molar-refractivity contribution >= 4 is 17.0 Å². The molecule has 168 valence electrons. The summed E-state index contributed by atoms with van der Waals surface area (Å²) in [7, 11) is 0. The second-order valence-electron chi connectivity index (χ2n) is 8.12. The molecule has 9 nitrogen and oxygen atoms in total. The number of aryl methyl sites for hydroxylation is 1. The van der Waals surface area contributed by atoms with Crippen LogP contribution in [0.5, 0.6) is 6.01 Å². The van der Waals surface area contributed by atoms with E-state index in [2.05, 4.69) is 38.6 Å². The third-order valence-corrected chi connectivity index (χ3v) is 5.76. The molecule has 0 amide bonds. The molecule has 9 heteroatoms. The molecule has 2 aromatic rings. The van der Waals surface area contributed by atoms with E-state index in [1.54, 1.807) is 4.57 Å². The minimum atomic E-state index is -0.193. The SMILES string of the molecule is CCCCOc1nc(N)c2[nH]c(=O)n(CCCCN3CCN(CCCC)CC3)c2n1. The number of piperazine rings is 1. The van der Waals surface area contributed by atoms with Gasteiger partial charge in [-0.3, -0.25) is 4.57 Å². The third-order valence-electron chi connectivity index (χ3n) is 5.76. The van der Waals surface area contributed by atoms with Gasteiger partial charge in [0.25, 0.3) is 0 Å². The van der Waals surface area contributed by atoms with Crippen LogP contribution in [-0.2, 0) is 6.54 Å². The number of ether oxygens (including phenoxy) is 1. The first-order valence-electron chi connectivity index (χ1n) is 11.5. The zero-order chi connectivity index (χ0) is 21.3. The van der Waals surface area contributed by atoms with Gasteiger partial charge in [0.1, 0.15) is 5.52 Å². The van der Waals surface area contributed by atoms with Crippen molar-refractivity contribution in [3.05, 3.63) is 10.5 Å². The van der Waals surface area contributed by atoms with Crippen LogP contribution in [0.1, 0.15) is 52.4 Å². The Kier molecular flexibility index (Phi) is 8.50. The molecule has 0 spiro atoms. The predicted molar refractivity (Wildman–Crippen MR) is 120 cm³/mol. The summed E-state index contributed by atoms with van der Waals surface area (Å²) in [6.45, 7) is 12.4. The first-order chi connectivity index (χ1) is 14.6. The van der Waals surface area contributed by atoms with E-state index < -0.39 is 0 Å². The summed E-state index contributed by atoms with van der Waals surface area (Å²) in [4.78, 5) is 28.9. The molecule has 1 fully saturated rings. The van der Waals surface area contributed by atoms with Crippen LogP contribution < -0.4 is 16.2 Å². The number of anilines is 1. The zero-order valence-corrected chi connectivity index (χ0v) is 18.5. The molecular formula is C21H37N7O2. The van der Waals surface area contributed by atoms with Crippen molar-refractivity contribution in [3.63, 3.8) is 0 Å². The quantitative estimate of drug-likeness (QED) is 0.507. The summed E-state index contributed by atoms with van der Waals surface area (Å²) in [6.07, 6.45) is 6.47. The van der Waals surface area contributed by atoms with Crippen LogP contribution in [0, 0.1) is 0 Å². The number of fused-ring (bicyclic) bond motifs is 1. The van der Waals surface area contributed by atoms with Crippen LogP contribution in [0.3, 0.4) is 0 Å². The molecule has 2 aromatic heterocycles. The Morgan fingerprint density at radius 1 is 0.933 bits per heavy atom. The van der Waals surface area contributed by atoms with Gasteiger partial charge in [0.15, 0.2) is 11.5 Å². The first kappa shape index (κ1) is 22.6. The number of nitrogens with zero attached hydrogens (tertiary/aromatic N) is 5. The van der Waals surface area contributed by atoms with E-state index in [0.29, 0.717) is 24.3 Å². The fourth-order valence-electron chi connectivity index (χ4n) is 3.83. The van der Waals surface area contributed by atoms with Crippen molar-refractivity contribution < 1.29 is 4.74 Å². The maximum atomic E-state index is 12.4. The molecular weight excluding hydrogens is 382 g/mol. The molecule has 0 unspecified atom stereocenters. The lowest BCUT2D eigenvalue weighted by Crippen LogP contribution is -2.46. The van der Waals surface area contributed by atoms with E-state index in [1.807, 2.05) is 0 Å². The van der Waals surface area contributed by atoms with Gasteiger partial charge in [0.05, 0.1) is 6.61 Å². The number of aromatic nitrogens is 4. The minimum Gasteiger partial charge on any atom is -0.463 e. The Morgan fingerprint density at radius 3 is 2.23 bits per heavy atom. The van der Waals surface area contributed by atoms with Crippen molar-refractivity contribution in [1.82, 2.24) is 29.3 Å². The second-order valence-corrected chi connectivity index (χ2v) is 8.12. The summed E-state index contributed by atoms with van der Waals surface area (Å²) in [6, 6.07) is 0.238. The summed E-state index contributed by atoms with van der Waals surface area (Å²) in [5.74, 6) is 0.253. The number of aromatic amines is 1. The maximum absolute atomic E-state index is 12.4. The lowest BCUT2D eigenvalue weighted by atomic mass is 10.2. The fourth-order valence-corrected chi connectivity index (χ4v) is 3.83. The molecule has 1 saturated heterocycles. The van der Waals surface area contributed by atoms with Gasteiger partial charge in [-0.15, -0.1) is 0 Å². The van der Waals surface area contributed by atoms with Gasteiger partial charge >= 0.3 is 11.7 Å². The van der Waals surface area contributed by atoms with Crippen LogP contribution in [0.2, 0.25) is 0 Å². The van der Waals surface area contributed by atoms with Gasteiger partial charge in [-0.2, -0.15) is 9.97 Å². The largest absolute Gasteiger partial charge is 0.463 e. The lowest BCUT2D eigenvalue weighted by Gasteiger charge is -2.34. The van der Waals surface area contributed by atoms with Crippen molar-refractivity contribution in [2.45, 2.75) is 58.9 Å².